The Morgan fingerprint density at radius 1 is 1.16 bits per heavy atom. The van der Waals surface area contributed by atoms with E-state index in [1.807, 2.05) is 13.8 Å². The average Bonchev–Trinajstić information content (AvgIpc) is 2.76. The number of nitrogens with one attached hydrogen (secondary N) is 1. The van der Waals surface area contributed by atoms with Gasteiger partial charge in [-0.15, -0.1) is 0 Å². The Labute approximate surface area is 184 Å². The van der Waals surface area contributed by atoms with Gasteiger partial charge in [-0.2, -0.15) is 5.10 Å². The zero-order valence-corrected chi connectivity index (χ0v) is 18.1. The van der Waals surface area contributed by atoms with E-state index in [2.05, 4.69) is 10.4 Å². The largest absolute Gasteiger partial charge is 0.482 e. The summed E-state index contributed by atoms with van der Waals surface area (Å²) in [4.78, 5) is 38.1. The van der Waals surface area contributed by atoms with Crippen molar-refractivity contribution >= 4 is 40.0 Å². The molecule has 0 saturated heterocycles. The molecular weight excluding hydrogens is 420 g/mol. The summed E-state index contributed by atoms with van der Waals surface area (Å²) in [5.41, 5.74) is 0.849. The second-order valence-electron chi connectivity index (χ2n) is 6.73. The van der Waals surface area contributed by atoms with Crippen molar-refractivity contribution in [2.75, 3.05) is 25.0 Å². The minimum Gasteiger partial charge on any atom is -0.482 e. The molecule has 1 aromatic heterocycles. The minimum absolute atomic E-state index is 0.0744. The van der Waals surface area contributed by atoms with E-state index in [0.717, 1.165) is 0 Å². The van der Waals surface area contributed by atoms with Crippen LogP contribution in [0.3, 0.4) is 0 Å². The molecule has 8 nitrogen and oxygen atoms in total. The van der Waals surface area contributed by atoms with Crippen LogP contribution in [-0.4, -0.2) is 46.2 Å². The van der Waals surface area contributed by atoms with Gasteiger partial charge >= 0.3 is 0 Å². The van der Waals surface area contributed by atoms with Crippen molar-refractivity contribution in [3.8, 4) is 5.75 Å². The van der Waals surface area contributed by atoms with Crippen LogP contribution >= 0.6 is 11.6 Å². The first-order valence-corrected chi connectivity index (χ1v) is 10.3. The van der Waals surface area contributed by atoms with E-state index >= 15 is 0 Å². The van der Waals surface area contributed by atoms with E-state index in [9.17, 15) is 14.4 Å². The maximum absolute atomic E-state index is 12.5. The lowest BCUT2D eigenvalue weighted by Gasteiger charge is -2.19. The third-order valence-corrected chi connectivity index (χ3v) is 5.03. The number of anilines is 1. The summed E-state index contributed by atoms with van der Waals surface area (Å²) in [7, 11) is 0. The zero-order valence-electron chi connectivity index (χ0n) is 17.3. The van der Waals surface area contributed by atoms with Crippen molar-refractivity contribution in [3.63, 3.8) is 0 Å². The molecule has 9 heteroatoms. The maximum Gasteiger partial charge on any atom is 0.260 e. The van der Waals surface area contributed by atoms with Crippen LogP contribution in [0, 0.1) is 0 Å². The van der Waals surface area contributed by atoms with Gasteiger partial charge in [0.05, 0.1) is 16.7 Å². The van der Waals surface area contributed by atoms with Gasteiger partial charge in [-0.25, -0.2) is 0 Å². The summed E-state index contributed by atoms with van der Waals surface area (Å²) in [5, 5.41) is 7.57. The molecular formula is C22H23ClN4O4. The lowest BCUT2D eigenvalue weighted by atomic mass is 10.2. The molecule has 31 heavy (non-hydrogen) atoms. The average molecular weight is 443 g/mol. The Balaban J connectivity index is 1.65. The smallest absolute Gasteiger partial charge is 0.260 e. The highest BCUT2D eigenvalue weighted by atomic mass is 35.5. The van der Waals surface area contributed by atoms with E-state index in [0.29, 0.717) is 35.4 Å². The fourth-order valence-corrected chi connectivity index (χ4v) is 3.36. The molecule has 2 amide bonds. The number of hydrogen-bond donors (Lipinski definition) is 1. The van der Waals surface area contributed by atoms with Crippen molar-refractivity contribution in [2.45, 2.75) is 20.4 Å². The Bertz CT molecular complexity index is 1160. The highest BCUT2D eigenvalue weighted by Crippen LogP contribution is 2.27. The number of amides is 2. The molecule has 0 aliphatic rings. The van der Waals surface area contributed by atoms with Gasteiger partial charge in [-0.1, -0.05) is 23.7 Å². The number of hydrogen-bond acceptors (Lipinski definition) is 5. The number of ether oxygens (including phenoxy) is 1. The number of rotatable bonds is 8. The first kappa shape index (κ1) is 22.3. The number of aromatic nitrogens is 2. The van der Waals surface area contributed by atoms with Crippen LogP contribution in [-0.2, 0) is 16.1 Å². The Morgan fingerprint density at radius 2 is 1.90 bits per heavy atom. The monoisotopic (exact) mass is 442 g/mol. The predicted octanol–water partition coefficient (Wildman–Crippen LogP) is 2.94. The van der Waals surface area contributed by atoms with E-state index < -0.39 is 0 Å². The molecule has 0 aliphatic heterocycles. The van der Waals surface area contributed by atoms with Gasteiger partial charge in [-0.05, 0) is 44.2 Å². The van der Waals surface area contributed by atoms with Crippen molar-refractivity contribution in [1.29, 1.82) is 0 Å². The molecule has 0 atom stereocenters. The summed E-state index contributed by atoms with van der Waals surface area (Å²) >= 11 is 6.25. The number of nitrogens with zero attached hydrogens (tertiary/aromatic N) is 3. The SMILES string of the molecule is CCN(CC)C(=O)COc1ccc(NC(=O)Cn2ncc(=O)c3ccccc32)cc1Cl. The minimum atomic E-state index is -0.331. The molecule has 2 aromatic carbocycles. The molecule has 0 radical (unpaired) electrons. The van der Waals surface area contributed by atoms with Gasteiger partial charge < -0.3 is 15.0 Å². The van der Waals surface area contributed by atoms with Crippen molar-refractivity contribution < 1.29 is 14.3 Å². The molecule has 0 fully saturated rings. The van der Waals surface area contributed by atoms with Gasteiger partial charge in [-0.3, -0.25) is 19.1 Å². The van der Waals surface area contributed by atoms with Crippen LogP contribution in [0.2, 0.25) is 5.02 Å². The highest BCUT2D eigenvalue weighted by Gasteiger charge is 2.13. The number of benzene rings is 2. The van der Waals surface area contributed by atoms with Crippen molar-refractivity contribution in [2.24, 2.45) is 0 Å². The lowest BCUT2D eigenvalue weighted by Crippen LogP contribution is -2.34. The van der Waals surface area contributed by atoms with Crippen molar-refractivity contribution in [1.82, 2.24) is 14.7 Å². The molecule has 1 heterocycles. The number of halogens is 1. The summed E-state index contributed by atoms with van der Waals surface area (Å²) < 4.78 is 6.98. The number of fused-ring (bicyclic) bond motifs is 1. The molecule has 0 bridgehead atoms. The first-order valence-electron chi connectivity index (χ1n) is 9.87. The summed E-state index contributed by atoms with van der Waals surface area (Å²) in [6, 6.07) is 11.7. The molecule has 0 aliphatic carbocycles. The van der Waals surface area contributed by atoms with Gasteiger partial charge in [0.25, 0.3) is 5.91 Å². The summed E-state index contributed by atoms with van der Waals surface area (Å²) in [5.74, 6) is -0.102. The first-order chi connectivity index (χ1) is 14.9. The third kappa shape index (κ3) is 5.40. The second-order valence-corrected chi connectivity index (χ2v) is 7.14. The van der Waals surface area contributed by atoms with Crippen molar-refractivity contribution in [3.05, 3.63) is 63.9 Å². The highest BCUT2D eigenvalue weighted by molar-refractivity contribution is 6.32. The number of para-hydroxylation sites is 1. The van der Waals surface area contributed by atoms with Crippen LogP contribution < -0.4 is 15.5 Å². The zero-order chi connectivity index (χ0) is 22.4. The molecule has 0 spiro atoms. The quantitative estimate of drug-likeness (QED) is 0.579. The molecule has 0 saturated carbocycles. The standard InChI is InChI=1S/C22H23ClN4O4/c1-3-26(4-2)22(30)14-31-20-10-9-15(11-17(20)23)25-21(29)13-27-18-8-6-5-7-16(18)19(28)12-24-27/h5-12H,3-4,13-14H2,1-2H3,(H,25,29). The molecule has 3 aromatic rings. The number of likely N-dealkylation sites (N-methyl/N-ethyl adjacent to an activating group) is 1. The van der Waals surface area contributed by atoms with Crippen LogP contribution in [0.15, 0.2) is 53.5 Å². The normalized spacial score (nSPS) is 10.7. The lowest BCUT2D eigenvalue weighted by molar-refractivity contribution is -0.133. The molecule has 0 unspecified atom stereocenters. The molecule has 1 N–H and O–H groups in total. The van der Waals surface area contributed by atoms with Gasteiger partial charge in [0.1, 0.15) is 12.3 Å². The van der Waals surface area contributed by atoms with Crippen LogP contribution in [0.25, 0.3) is 10.9 Å². The fraction of sp³-hybridized carbons (Fsp3) is 0.273. The van der Waals surface area contributed by atoms with E-state index in [-0.39, 0.29) is 35.4 Å². The number of carbonyl (C=O) groups excluding carboxylic acids is 2. The third-order valence-electron chi connectivity index (χ3n) is 4.74. The predicted molar refractivity (Wildman–Crippen MR) is 120 cm³/mol. The summed E-state index contributed by atoms with van der Waals surface area (Å²) in [6.45, 7) is 4.83. The Kier molecular flexibility index (Phi) is 7.25. The maximum atomic E-state index is 12.5. The molecule has 3 rings (SSSR count). The van der Waals surface area contributed by atoms with Crippen LogP contribution in [0.1, 0.15) is 13.8 Å². The van der Waals surface area contributed by atoms with Gasteiger partial charge in [0, 0.05) is 24.2 Å². The van der Waals surface area contributed by atoms with Gasteiger partial charge in [0.15, 0.2) is 6.61 Å². The van der Waals surface area contributed by atoms with E-state index in [4.69, 9.17) is 16.3 Å². The van der Waals surface area contributed by atoms with Gasteiger partial charge in [0.2, 0.25) is 11.3 Å². The van der Waals surface area contributed by atoms with E-state index in [1.54, 1.807) is 47.4 Å². The molecule has 162 valence electrons. The second kappa shape index (κ2) is 10.1. The van der Waals surface area contributed by atoms with Crippen LogP contribution in [0.4, 0.5) is 5.69 Å². The summed E-state index contributed by atoms with van der Waals surface area (Å²) in [6.07, 6.45) is 1.19. The Morgan fingerprint density at radius 3 is 2.61 bits per heavy atom. The van der Waals surface area contributed by atoms with Crippen LogP contribution in [0.5, 0.6) is 5.75 Å². The Hall–Kier alpha value is -3.39. The number of carbonyl (C=O) groups is 2. The topological polar surface area (TPSA) is 93.5 Å². The van der Waals surface area contributed by atoms with E-state index in [1.165, 1.54) is 10.9 Å². The fourth-order valence-electron chi connectivity index (χ4n) is 3.13.